The van der Waals surface area contributed by atoms with Gasteiger partial charge in [-0.2, -0.15) is 0 Å². The molecule has 0 spiro atoms. The molecule has 4 nitrogen and oxygen atoms in total. The fourth-order valence-corrected chi connectivity index (χ4v) is 2.39. The van der Waals surface area contributed by atoms with Crippen molar-refractivity contribution < 1.29 is 4.79 Å². The quantitative estimate of drug-likeness (QED) is 0.654. The van der Waals surface area contributed by atoms with E-state index < -0.39 is 0 Å². The predicted octanol–water partition coefficient (Wildman–Crippen LogP) is 0.878. The van der Waals surface area contributed by atoms with Crippen LogP contribution >= 0.6 is 12.2 Å². The summed E-state index contributed by atoms with van der Waals surface area (Å²) in [6.07, 6.45) is 1.87. The molecule has 0 radical (unpaired) electrons. The number of thiocarbonyl (C=S) groups is 1. The summed E-state index contributed by atoms with van der Waals surface area (Å²) in [5.74, 6) is 0. The summed E-state index contributed by atoms with van der Waals surface area (Å²) in [6.45, 7) is 3.98. The SMILES string of the molecule is O=CN1CCN(C(=S)NCCc2ccccc2)CC1. The summed E-state index contributed by atoms with van der Waals surface area (Å²) in [5.41, 5.74) is 1.31. The molecule has 1 aromatic rings. The third-order valence-electron chi connectivity index (χ3n) is 3.28. The van der Waals surface area contributed by atoms with Gasteiger partial charge in [-0.25, -0.2) is 0 Å². The van der Waals surface area contributed by atoms with Gasteiger partial charge in [0.25, 0.3) is 0 Å². The van der Waals surface area contributed by atoms with Crippen molar-refractivity contribution >= 4 is 23.7 Å². The molecule has 1 amide bonds. The van der Waals surface area contributed by atoms with Gasteiger partial charge in [-0.15, -0.1) is 0 Å². The van der Waals surface area contributed by atoms with E-state index in [0.717, 1.165) is 50.7 Å². The monoisotopic (exact) mass is 277 g/mol. The van der Waals surface area contributed by atoms with Crippen LogP contribution in [0, 0.1) is 0 Å². The zero-order chi connectivity index (χ0) is 13.5. The second-order valence-corrected chi connectivity index (χ2v) is 4.98. The number of hydrogen-bond donors (Lipinski definition) is 1. The van der Waals surface area contributed by atoms with E-state index in [9.17, 15) is 4.79 Å². The van der Waals surface area contributed by atoms with Crippen LogP contribution in [0.2, 0.25) is 0 Å². The van der Waals surface area contributed by atoms with Crippen LogP contribution in [0.3, 0.4) is 0 Å². The minimum Gasteiger partial charge on any atom is -0.362 e. The molecule has 1 saturated heterocycles. The maximum Gasteiger partial charge on any atom is 0.209 e. The second kappa shape index (κ2) is 7.09. The molecule has 0 unspecified atom stereocenters. The minimum absolute atomic E-state index is 0.754. The molecular formula is C14H19N3OS. The van der Waals surface area contributed by atoms with Gasteiger partial charge in [0.15, 0.2) is 5.11 Å². The van der Waals surface area contributed by atoms with Gasteiger partial charge in [-0.1, -0.05) is 30.3 Å². The van der Waals surface area contributed by atoms with Gasteiger partial charge in [-0.05, 0) is 24.2 Å². The predicted molar refractivity (Wildman–Crippen MR) is 80.0 cm³/mol. The van der Waals surface area contributed by atoms with Crippen LogP contribution in [0.25, 0.3) is 0 Å². The van der Waals surface area contributed by atoms with E-state index in [4.69, 9.17) is 12.2 Å². The van der Waals surface area contributed by atoms with E-state index in [0.29, 0.717) is 0 Å². The standard InChI is InChI=1S/C14H19N3OS/c18-12-16-8-10-17(11-9-16)14(19)15-7-6-13-4-2-1-3-5-13/h1-5,12H,6-11H2,(H,15,19). The molecule has 0 aromatic heterocycles. The number of benzene rings is 1. The van der Waals surface area contributed by atoms with Crippen LogP contribution < -0.4 is 5.32 Å². The normalized spacial score (nSPS) is 15.2. The van der Waals surface area contributed by atoms with Gasteiger partial charge in [0.2, 0.25) is 6.41 Å². The van der Waals surface area contributed by atoms with E-state index in [1.165, 1.54) is 5.56 Å². The maximum atomic E-state index is 10.6. The van der Waals surface area contributed by atoms with Crippen LogP contribution in [0.15, 0.2) is 30.3 Å². The third kappa shape index (κ3) is 4.21. The van der Waals surface area contributed by atoms with E-state index in [1.807, 2.05) is 18.2 Å². The van der Waals surface area contributed by atoms with Crippen molar-refractivity contribution in [2.75, 3.05) is 32.7 Å². The molecule has 1 heterocycles. The lowest BCUT2D eigenvalue weighted by molar-refractivity contribution is -0.119. The molecule has 0 aliphatic carbocycles. The van der Waals surface area contributed by atoms with Crippen LogP contribution in [0.4, 0.5) is 0 Å². The van der Waals surface area contributed by atoms with Crippen molar-refractivity contribution in [3.63, 3.8) is 0 Å². The first-order valence-electron chi connectivity index (χ1n) is 6.55. The van der Waals surface area contributed by atoms with E-state index in [-0.39, 0.29) is 0 Å². The highest BCUT2D eigenvalue weighted by molar-refractivity contribution is 7.80. The first-order chi connectivity index (χ1) is 9.29. The number of hydrogen-bond acceptors (Lipinski definition) is 2. The molecule has 102 valence electrons. The average Bonchev–Trinajstić information content (AvgIpc) is 2.48. The van der Waals surface area contributed by atoms with Gasteiger partial charge in [0.05, 0.1) is 0 Å². The zero-order valence-electron chi connectivity index (χ0n) is 10.9. The van der Waals surface area contributed by atoms with Gasteiger partial charge in [-0.3, -0.25) is 4.79 Å². The summed E-state index contributed by atoms with van der Waals surface area (Å²) in [7, 11) is 0. The average molecular weight is 277 g/mol. The van der Waals surface area contributed by atoms with Crippen LogP contribution in [0.1, 0.15) is 5.56 Å². The Morgan fingerprint density at radius 3 is 2.53 bits per heavy atom. The smallest absolute Gasteiger partial charge is 0.209 e. The molecule has 1 aromatic carbocycles. The van der Waals surface area contributed by atoms with Gasteiger partial charge < -0.3 is 15.1 Å². The van der Waals surface area contributed by atoms with E-state index in [2.05, 4.69) is 22.3 Å². The Morgan fingerprint density at radius 1 is 1.21 bits per heavy atom. The number of nitrogens with zero attached hydrogens (tertiary/aromatic N) is 2. The number of rotatable bonds is 4. The van der Waals surface area contributed by atoms with Gasteiger partial charge >= 0.3 is 0 Å². The molecule has 0 saturated carbocycles. The van der Waals surface area contributed by atoms with Crippen molar-refractivity contribution in [2.45, 2.75) is 6.42 Å². The molecule has 19 heavy (non-hydrogen) atoms. The van der Waals surface area contributed by atoms with Crippen molar-refractivity contribution in [2.24, 2.45) is 0 Å². The Hall–Kier alpha value is -1.62. The molecule has 1 N–H and O–H groups in total. The highest BCUT2D eigenvalue weighted by Gasteiger charge is 2.16. The fourth-order valence-electron chi connectivity index (χ4n) is 2.10. The van der Waals surface area contributed by atoms with Crippen molar-refractivity contribution in [1.82, 2.24) is 15.1 Å². The molecule has 1 aliphatic heterocycles. The summed E-state index contributed by atoms with van der Waals surface area (Å²) in [6, 6.07) is 10.4. The Labute approximate surface area is 119 Å². The van der Waals surface area contributed by atoms with Gasteiger partial charge in [0.1, 0.15) is 0 Å². The lowest BCUT2D eigenvalue weighted by Crippen LogP contribution is -2.51. The first kappa shape index (κ1) is 13.8. The van der Waals surface area contributed by atoms with Crippen LogP contribution in [0.5, 0.6) is 0 Å². The first-order valence-corrected chi connectivity index (χ1v) is 6.96. The third-order valence-corrected chi connectivity index (χ3v) is 3.69. The van der Waals surface area contributed by atoms with Crippen LogP contribution in [-0.4, -0.2) is 54.0 Å². The topological polar surface area (TPSA) is 35.6 Å². The lowest BCUT2D eigenvalue weighted by atomic mass is 10.1. The summed E-state index contributed by atoms with van der Waals surface area (Å²) < 4.78 is 0. The molecule has 0 bridgehead atoms. The number of piperazine rings is 1. The molecule has 1 fully saturated rings. The summed E-state index contributed by atoms with van der Waals surface area (Å²) in [5, 5.41) is 4.08. The zero-order valence-corrected chi connectivity index (χ0v) is 11.7. The number of amides is 1. The van der Waals surface area contributed by atoms with E-state index >= 15 is 0 Å². The van der Waals surface area contributed by atoms with Crippen molar-refractivity contribution in [1.29, 1.82) is 0 Å². The Kier molecular flexibility index (Phi) is 5.15. The molecule has 1 aliphatic rings. The molecule has 0 atom stereocenters. The highest BCUT2D eigenvalue weighted by Crippen LogP contribution is 2.01. The van der Waals surface area contributed by atoms with Crippen molar-refractivity contribution in [3.05, 3.63) is 35.9 Å². The Morgan fingerprint density at radius 2 is 1.89 bits per heavy atom. The number of carbonyl (C=O) groups excluding carboxylic acids is 1. The summed E-state index contributed by atoms with van der Waals surface area (Å²) in [4.78, 5) is 14.5. The Balaban J connectivity index is 1.69. The minimum atomic E-state index is 0.754. The lowest BCUT2D eigenvalue weighted by Gasteiger charge is -2.34. The molecule has 2 rings (SSSR count). The van der Waals surface area contributed by atoms with E-state index in [1.54, 1.807) is 4.90 Å². The maximum absolute atomic E-state index is 10.6. The highest BCUT2D eigenvalue weighted by atomic mass is 32.1. The fraction of sp³-hybridized carbons (Fsp3) is 0.429. The Bertz CT molecular complexity index is 416. The number of carbonyl (C=O) groups is 1. The van der Waals surface area contributed by atoms with Crippen molar-refractivity contribution in [3.8, 4) is 0 Å². The van der Waals surface area contributed by atoms with Crippen LogP contribution in [-0.2, 0) is 11.2 Å². The van der Waals surface area contributed by atoms with Gasteiger partial charge in [0, 0.05) is 32.7 Å². The largest absolute Gasteiger partial charge is 0.362 e. The summed E-state index contributed by atoms with van der Waals surface area (Å²) >= 11 is 5.37. The second-order valence-electron chi connectivity index (χ2n) is 4.60. The number of nitrogens with one attached hydrogen (secondary N) is 1. The molecular weight excluding hydrogens is 258 g/mol. The molecule has 5 heteroatoms.